The molecule has 1 rings (SSSR count). The molecule has 4 heteroatoms. The number of benzene rings is 1. The maximum Gasteiger partial charge on any atom is 0.177 e. The summed E-state index contributed by atoms with van der Waals surface area (Å²) in [7, 11) is -3.18. The van der Waals surface area contributed by atoms with Gasteiger partial charge in [-0.3, -0.25) is 0 Å². The minimum atomic E-state index is -3.18. The fourth-order valence-corrected chi connectivity index (χ4v) is 2.07. The Labute approximate surface area is 90.7 Å². The Morgan fingerprint density at radius 3 is 2.53 bits per heavy atom. The molecule has 0 amide bonds. The second kappa shape index (κ2) is 4.49. The van der Waals surface area contributed by atoms with Crippen LogP contribution in [0.2, 0.25) is 0 Å². The second-order valence-corrected chi connectivity index (χ2v) is 5.42. The van der Waals surface area contributed by atoms with Gasteiger partial charge in [-0.25, -0.2) is 8.42 Å². The van der Waals surface area contributed by atoms with Crippen molar-refractivity contribution in [2.24, 2.45) is 0 Å². The topological polar surface area (TPSA) is 46.2 Å². The fourth-order valence-electron chi connectivity index (χ4n) is 1.21. The monoisotopic (exact) mass is 225 g/mol. The predicted molar refractivity (Wildman–Crippen MR) is 62.8 cm³/mol. The minimum Gasteiger partial charge on any atom is -0.378 e. The molecule has 0 aliphatic rings. The van der Waals surface area contributed by atoms with E-state index in [1.54, 1.807) is 30.3 Å². The van der Waals surface area contributed by atoms with E-state index in [1.165, 1.54) is 6.26 Å². The number of para-hydroxylation sites is 1. The van der Waals surface area contributed by atoms with Crippen LogP contribution in [0, 0.1) is 0 Å². The zero-order chi connectivity index (χ0) is 11.5. The van der Waals surface area contributed by atoms with Crippen LogP contribution in [-0.4, -0.2) is 20.7 Å². The van der Waals surface area contributed by atoms with Crippen molar-refractivity contribution in [2.75, 3.05) is 11.6 Å². The van der Waals surface area contributed by atoms with Crippen molar-refractivity contribution in [3.63, 3.8) is 0 Å². The highest BCUT2D eigenvalue weighted by Crippen LogP contribution is 2.21. The van der Waals surface area contributed by atoms with Crippen LogP contribution in [-0.2, 0) is 9.84 Å². The molecule has 15 heavy (non-hydrogen) atoms. The summed E-state index contributed by atoms with van der Waals surface area (Å²) < 4.78 is 22.9. The van der Waals surface area contributed by atoms with Gasteiger partial charge in [-0.2, -0.15) is 0 Å². The second-order valence-electron chi connectivity index (χ2n) is 3.44. The van der Waals surface area contributed by atoms with Crippen LogP contribution in [0.5, 0.6) is 0 Å². The minimum absolute atomic E-state index is 0.0351. The van der Waals surface area contributed by atoms with Crippen molar-refractivity contribution in [3.05, 3.63) is 36.9 Å². The third-order valence-corrected chi connectivity index (χ3v) is 3.18. The quantitative estimate of drug-likeness (QED) is 0.798. The first-order valence-corrected chi connectivity index (χ1v) is 6.52. The maximum absolute atomic E-state index is 11.5. The molecule has 1 aromatic rings. The normalized spacial score (nSPS) is 13.2. The van der Waals surface area contributed by atoms with Crippen molar-refractivity contribution in [1.29, 1.82) is 0 Å². The molecule has 3 nitrogen and oxygen atoms in total. The molecule has 0 fully saturated rings. The molecule has 0 heterocycles. The van der Waals surface area contributed by atoms with Gasteiger partial charge in [0, 0.05) is 12.3 Å². The molecule has 0 aliphatic heterocycles. The van der Waals surface area contributed by atoms with E-state index in [2.05, 4.69) is 11.9 Å². The third-order valence-electron chi connectivity index (χ3n) is 2.02. The van der Waals surface area contributed by atoms with Gasteiger partial charge in [0.2, 0.25) is 0 Å². The summed E-state index contributed by atoms with van der Waals surface area (Å²) in [6.45, 7) is 5.55. The summed E-state index contributed by atoms with van der Waals surface area (Å²) in [4.78, 5) is 0.318. The van der Waals surface area contributed by atoms with Gasteiger partial charge in [-0.1, -0.05) is 18.2 Å². The Kier molecular flexibility index (Phi) is 3.52. The van der Waals surface area contributed by atoms with Crippen LogP contribution in [0.3, 0.4) is 0 Å². The van der Waals surface area contributed by atoms with Crippen LogP contribution < -0.4 is 5.32 Å². The van der Waals surface area contributed by atoms with Gasteiger partial charge >= 0.3 is 0 Å². The van der Waals surface area contributed by atoms with Crippen molar-refractivity contribution in [3.8, 4) is 0 Å². The van der Waals surface area contributed by atoms with Gasteiger partial charge in [-0.15, -0.1) is 6.58 Å². The van der Waals surface area contributed by atoms with E-state index in [0.29, 0.717) is 10.6 Å². The van der Waals surface area contributed by atoms with Gasteiger partial charge < -0.3 is 5.32 Å². The maximum atomic E-state index is 11.5. The fraction of sp³-hybridized carbons (Fsp3) is 0.273. The van der Waals surface area contributed by atoms with Gasteiger partial charge in [0.1, 0.15) is 0 Å². The Hall–Kier alpha value is -1.29. The molecule has 1 atom stereocenters. The molecule has 0 saturated heterocycles. The van der Waals surface area contributed by atoms with Crippen LogP contribution in [0.15, 0.2) is 41.8 Å². The van der Waals surface area contributed by atoms with E-state index in [4.69, 9.17) is 0 Å². The standard InChI is InChI=1S/C11H15NO2S/c1-4-9(2)12-10-7-5-6-8-11(10)15(3,13)14/h4-9,12H,1H2,2-3H3. The zero-order valence-corrected chi connectivity index (χ0v) is 9.71. The summed E-state index contributed by atoms with van der Waals surface area (Å²) in [6.07, 6.45) is 2.92. The number of rotatable bonds is 4. The van der Waals surface area contributed by atoms with Gasteiger partial charge in [0.05, 0.1) is 10.6 Å². The highest BCUT2D eigenvalue weighted by molar-refractivity contribution is 7.90. The zero-order valence-electron chi connectivity index (χ0n) is 8.90. The van der Waals surface area contributed by atoms with Crippen LogP contribution in [0.1, 0.15) is 6.92 Å². The number of sulfone groups is 1. The highest BCUT2D eigenvalue weighted by Gasteiger charge is 2.12. The lowest BCUT2D eigenvalue weighted by Gasteiger charge is -2.13. The SMILES string of the molecule is C=CC(C)Nc1ccccc1S(C)(=O)=O. The van der Waals surface area contributed by atoms with Gasteiger partial charge in [0.25, 0.3) is 0 Å². The number of nitrogens with one attached hydrogen (secondary N) is 1. The van der Waals surface area contributed by atoms with Crippen molar-refractivity contribution >= 4 is 15.5 Å². The first kappa shape index (κ1) is 11.8. The van der Waals surface area contributed by atoms with Crippen LogP contribution in [0.4, 0.5) is 5.69 Å². The average molecular weight is 225 g/mol. The van der Waals surface area contributed by atoms with E-state index < -0.39 is 9.84 Å². The van der Waals surface area contributed by atoms with Crippen molar-refractivity contribution in [2.45, 2.75) is 17.9 Å². The first-order valence-electron chi connectivity index (χ1n) is 4.63. The smallest absolute Gasteiger partial charge is 0.177 e. The molecular weight excluding hydrogens is 210 g/mol. The molecule has 0 aliphatic carbocycles. The summed E-state index contributed by atoms with van der Waals surface area (Å²) in [5.74, 6) is 0. The van der Waals surface area contributed by atoms with E-state index in [9.17, 15) is 8.42 Å². The molecule has 1 N–H and O–H groups in total. The van der Waals surface area contributed by atoms with Gasteiger partial charge in [0.15, 0.2) is 9.84 Å². The van der Waals surface area contributed by atoms with Crippen molar-refractivity contribution < 1.29 is 8.42 Å². The Balaban J connectivity index is 3.13. The van der Waals surface area contributed by atoms with Crippen LogP contribution >= 0.6 is 0 Å². The molecule has 82 valence electrons. The number of hydrogen-bond donors (Lipinski definition) is 1. The molecule has 1 unspecified atom stereocenters. The molecule has 0 bridgehead atoms. The molecule has 0 radical (unpaired) electrons. The Morgan fingerprint density at radius 1 is 1.40 bits per heavy atom. The van der Waals surface area contributed by atoms with E-state index >= 15 is 0 Å². The van der Waals surface area contributed by atoms with E-state index in [1.807, 2.05) is 6.92 Å². The summed E-state index contributed by atoms with van der Waals surface area (Å²) in [5, 5.41) is 3.07. The molecule has 0 saturated carbocycles. The highest BCUT2D eigenvalue weighted by atomic mass is 32.2. The lowest BCUT2D eigenvalue weighted by Crippen LogP contribution is -2.14. The Bertz CT molecular complexity index is 451. The number of anilines is 1. The predicted octanol–water partition coefficient (Wildman–Crippen LogP) is 2.08. The lowest BCUT2D eigenvalue weighted by atomic mass is 10.2. The van der Waals surface area contributed by atoms with Crippen LogP contribution in [0.25, 0.3) is 0 Å². The van der Waals surface area contributed by atoms with E-state index in [-0.39, 0.29) is 6.04 Å². The average Bonchev–Trinajstić information content (AvgIpc) is 2.17. The third kappa shape index (κ3) is 3.09. The Morgan fingerprint density at radius 2 is 2.00 bits per heavy atom. The summed E-state index contributed by atoms with van der Waals surface area (Å²) in [5.41, 5.74) is 0.618. The molecule has 0 spiro atoms. The summed E-state index contributed by atoms with van der Waals surface area (Å²) >= 11 is 0. The molecule has 0 aromatic heterocycles. The lowest BCUT2D eigenvalue weighted by molar-refractivity contribution is 0.602. The molecule has 1 aromatic carbocycles. The molecular formula is C11H15NO2S. The first-order chi connectivity index (χ1) is 6.95. The number of hydrogen-bond acceptors (Lipinski definition) is 3. The largest absolute Gasteiger partial charge is 0.378 e. The van der Waals surface area contributed by atoms with Gasteiger partial charge in [-0.05, 0) is 19.1 Å². The van der Waals surface area contributed by atoms with E-state index in [0.717, 1.165) is 0 Å². The van der Waals surface area contributed by atoms with Crippen molar-refractivity contribution in [1.82, 2.24) is 0 Å². The summed E-state index contributed by atoms with van der Waals surface area (Å²) in [6, 6.07) is 6.88.